The van der Waals surface area contributed by atoms with E-state index in [0.717, 1.165) is 70.3 Å². The molecule has 6 rings (SSSR count). The standard InChI is InChI=1S/C32H38N6O4/c1-20-8-11-26(40-4)21(2)30(20)42-32-29-25(16-28(36-32)38-14-13-37-12-6-7-23(37)18-38)34-19-35-31(29)33-17-22-9-10-24(39-3)15-27(22)41-5/h8-11,15-16,19,23H,6-7,12-14,17-18H2,1-5H3,(H,33,34,35)/t23-/m1/s1. The Morgan fingerprint density at radius 3 is 2.60 bits per heavy atom. The number of nitrogens with one attached hydrogen (secondary N) is 1. The van der Waals surface area contributed by atoms with Gasteiger partial charge in [0.05, 0.1) is 26.8 Å². The summed E-state index contributed by atoms with van der Waals surface area (Å²) in [5.74, 6) is 4.89. The third-order valence-electron chi connectivity index (χ3n) is 8.40. The molecule has 2 fully saturated rings. The van der Waals surface area contributed by atoms with Crippen LogP contribution in [0.5, 0.6) is 28.9 Å². The van der Waals surface area contributed by atoms with Gasteiger partial charge < -0.3 is 29.2 Å². The third kappa shape index (κ3) is 5.34. The molecule has 0 amide bonds. The monoisotopic (exact) mass is 570 g/mol. The van der Waals surface area contributed by atoms with Crippen LogP contribution >= 0.6 is 0 Å². The fourth-order valence-corrected chi connectivity index (χ4v) is 6.06. The van der Waals surface area contributed by atoms with E-state index in [0.29, 0.717) is 30.0 Å². The minimum absolute atomic E-state index is 0.459. The predicted molar refractivity (Wildman–Crippen MR) is 164 cm³/mol. The lowest BCUT2D eigenvalue weighted by atomic mass is 10.1. The Bertz CT molecular complexity index is 1600. The Labute approximate surface area is 246 Å². The van der Waals surface area contributed by atoms with Crippen molar-refractivity contribution in [2.75, 3.05) is 57.7 Å². The van der Waals surface area contributed by atoms with Crippen LogP contribution in [0.2, 0.25) is 0 Å². The zero-order chi connectivity index (χ0) is 29.2. The summed E-state index contributed by atoms with van der Waals surface area (Å²) in [6.07, 6.45) is 4.06. The smallest absolute Gasteiger partial charge is 0.234 e. The Hall–Kier alpha value is -4.31. The van der Waals surface area contributed by atoms with Crippen LogP contribution in [-0.2, 0) is 6.54 Å². The number of hydrogen-bond donors (Lipinski definition) is 1. The van der Waals surface area contributed by atoms with Crippen molar-refractivity contribution in [1.29, 1.82) is 0 Å². The van der Waals surface area contributed by atoms with E-state index < -0.39 is 0 Å². The number of aryl methyl sites for hydroxylation is 1. The van der Waals surface area contributed by atoms with Crippen molar-refractivity contribution < 1.29 is 18.9 Å². The lowest BCUT2D eigenvalue weighted by Gasteiger charge is -2.38. The molecular weight excluding hydrogens is 532 g/mol. The normalized spacial score (nSPS) is 16.8. The van der Waals surface area contributed by atoms with Crippen LogP contribution in [0.3, 0.4) is 0 Å². The first-order chi connectivity index (χ1) is 20.5. The fraction of sp³-hybridized carbons (Fsp3) is 0.406. The third-order valence-corrected chi connectivity index (χ3v) is 8.40. The second-order valence-electron chi connectivity index (χ2n) is 10.9. The zero-order valence-corrected chi connectivity index (χ0v) is 24.9. The van der Waals surface area contributed by atoms with Gasteiger partial charge in [0.2, 0.25) is 5.88 Å². The number of hydrogen-bond acceptors (Lipinski definition) is 10. The van der Waals surface area contributed by atoms with E-state index in [1.807, 2.05) is 44.2 Å². The van der Waals surface area contributed by atoms with Crippen molar-refractivity contribution in [3.05, 3.63) is 59.4 Å². The highest BCUT2D eigenvalue weighted by atomic mass is 16.5. The minimum atomic E-state index is 0.459. The fourth-order valence-electron chi connectivity index (χ4n) is 6.06. The van der Waals surface area contributed by atoms with Crippen LogP contribution in [0.15, 0.2) is 42.7 Å². The summed E-state index contributed by atoms with van der Waals surface area (Å²) >= 11 is 0. The molecule has 0 aliphatic carbocycles. The number of benzene rings is 2. The Morgan fingerprint density at radius 1 is 0.929 bits per heavy atom. The van der Waals surface area contributed by atoms with E-state index in [4.69, 9.17) is 23.9 Å². The van der Waals surface area contributed by atoms with E-state index >= 15 is 0 Å². The van der Waals surface area contributed by atoms with Gasteiger partial charge in [-0.2, -0.15) is 4.98 Å². The highest BCUT2D eigenvalue weighted by Gasteiger charge is 2.32. The van der Waals surface area contributed by atoms with Gasteiger partial charge in [0, 0.05) is 55.5 Å². The minimum Gasteiger partial charge on any atom is -0.497 e. The van der Waals surface area contributed by atoms with Gasteiger partial charge in [0.15, 0.2) is 0 Å². The quantitative estimate of drug-likeness (QED) is 0.284. The average molecular weight is 571 g/mol. The molecule has 2 aliphatic heterocycles. The van der Waals surface area contributed by atoms with Crippen LogP contribution in [0, 0.1) is 13.8 Å². The van der Waals surface area contributed by atoms with Crippen LogP contribution < -0.4 is 29.2 Å². The number of methoxy groups -OCH3 is 3. The number of pyridine rings is 1. The molecule has 10 heteroatoms. The van der Waals surface area contributed by atoms with E-state index in [1.54, 1.807) is 27.7 Å². The summed E-state index contributed by atoms with van der Waals surface area (Å²) < 4.78 is 23.3. The number of rotatable bonds is 9. The first-order valence-electron chi connectivity index (χ1n) is 14.4. The van der Waals surface area contributed by atoms with Crippen molar-refractivity contribution in [2.45, 2.75) is 39.3 Å². The molecule has 0 saturated carbocycles. The van der Waals surface area contributed by atoms with Crippen molar-refractivity contribution in [2.24, 2.45) is 0 Å². The van der Waals surface area contributed by atoms with Crippen LogP contribution in [0.1, 0.15) is 29.5 Å². The van der Waals surface area contributed by atoms with E-state index in [-0.39, 0.29) is 0 Å². The van der Waals surface area contributed by atoms with Gasteiger partial charge in [0.25, 0.3) is 0 Å². The lowest BCUT2D eigenvalue weighted by Crippen LogP contribution is -2.50. The van der Waals surface area contributed by atoms with Gasteiger partial charge in [-0.05, 0) is 57.0 Å². The van der Waals surface area contributed by atoms with E-state index in [9.17, 15) is 0 Å². The van der Waals surface area contributed by atoms with Crippen LogP contribution in [-0.4, -0.2) is 73.4 Å². The molecule has 2 aromatic heterocycles. The molecule has 1 N–H and O–H groups in total. The molecule has 0 radical (unpaired) electrons. The number of ether oxygens (including phenoxy) is 4. The summed E-state index contributed by atoms with van der Waals surface area (Å²) in [5, 5.41) is 4.20. The van der Waals surface area contributed by atoms with Crippen molar-refractivity contribution >= 4 is 22.5 Å². The second-order valence-corrected chi connectivity index (χ2v) is 10.9. The van der Waals surface area contributed by atoms with Crippen molar-refractivity contribution in [3.8, 4) is 28.9 Å². The van der Waals surface area contributed by atoms with Gasteiger partial charge >= 0.3 is 0 Å². The van der Waals surface area contributed by atoms with E-state index in [2.05, 4.69) is 31.2 Å². The number of fused-ring (bicyclic) bond motifs is 2. The first kappa shape index (κ1) is 27.8. The molecule has 1 atom stereocenters. The molecule has 10 nitrogen and oxygen atoms in total. The maximum Gasteiger partial charge on any atom is 0.234 e. The molecule has 0 unspecified atom stereocenters. The summed E-state index contributed by atoms with van der Waals surface area (Å²) in [6.45, 7) is 8.59. The molecule has 4 aromatic rings. The van der Waals surface area contributed by atoms with Crippen LogP contribution in [0.25, 0.3) is 10.9 Å². The number of anilines is 2. The maximum absolute atomic E-state index is 6.69. The number of nitrogens with zero attached hydrogens (tertiary/aromatic N) is 5. The van der Waals surface area contributed by atoms with Gasteiger partial charge in [-0.15, -0.1) is 0 Å². The maximum atomic E-state index is 6.69. The summed E-state index contributed by atoms with van der Waals surface area (Å²) in [6, 6.07) is 12.3. The Balaban J connectivity index is 1.41. The molecule has 2 aromatic carbocycles. The molecular formula is C32H38N6O4. The Kier molecular flexibility index (Phi) is 7.88. The average Bonchev–Trinajstić information content (AvgIpc) is 3.50. The molecule has 0 bridgehead atoms. The van der Waals surface area contributed by atoms with E-state index in [1.165, 1.54) is 19.4 Å². The summed E-state index contributed by atoms with van der Waals surface area (Å²) in [4.78, 5) is 19.4. The summed E-state index contributed by atoms with van der Waals surface area (Å²) in [7, 11) is 4.96. The molecule has 220 valence electrons. The molecule has 4 heterocycles. The van der Waals surface area contributed by atoms with Crippen molar-refractivity contribution in [1.82, 2.24) is 19.9 Å². The van der Waals surface area contributed by atoms with Crippen LogP contribution in [0.4, 0.5) is 11.6 Å². The zero-order valence-electron chi connectivity index (χ0n) is 24.9. The molecule has 0 spiro atoms. The molecule has 2 saturated heterocycles. The van der Waals surface area contributed by atoms with Crippen molar-refractivity contribution in [3.63, 3.8) is 0 Å². The van der Waals surface area contributed by atoms with Gasteiger partial charge in [-0.3, -0.25) is 4.90 Å². The van der Waals surface area contributed by atoms with Gasteiger partial charge in [-0.25, -0.2) is 9.97 Å². The predicted octanol–water partition coefficient (Wildman–Crippen LogP) is 5.36. The Morgan fingerprint density at radius 2 is 1.79 bits per heavy atom. The molecule has 42 heavy (non-hydrogen) atoms. The van der Waals surface area contributed by atoms with Gasteiger partial charge in [-0.1, -0.05) is 6.07 Å². The molecule has 2 aliphatic rings. The number of aromatic nitrogens is 3. The summed E-state index contributed by atoms with van der Waals surface area (Å²) in [5.41, 5.74) is 3.63. The largest absolute Gasteiger partial charge is 0.497 e. The SMILES string of the molecule is COc1ccc(CNc2ncnc3cc(N4CCN5CCC[C@@H]5C4)nc(Oc4c(C)ccc(OC)c4C)c23)c(OC)c1. The number of piperazine rings is 1. The lowest BCUT2D eigenvalue weighted by molar-refractivity contribution is 0.230. The second kappa shape index (κ2) is 11.9. The topological polar surface area (TPSA) is 94.1 Å². The highest BCUT2D eigenvalue weighted by molar-refractivity contribution is 5.95. The first-order valence-corrected chi connectivity index (χ1v) is 14.4. The highest BCUT2D eigenvalue weighted by Crippen LogP contribution is 2.40. The van der Waals surface area contributed by atoms with Gasteiger partial charge in [0.1, 0.15) is 46.3 Å².